The van der Waals surface area contributed by atoms with Gasteiger partial charge in [-0.15, -0.1) is 11.6 Å². The van der Waals surface area contributed by atoms with Crippen molar-refractivity contribution in [1.82, 2.24) is 4.98 Å². The zero-order valence-electron chi connectivity index (χ0n) is 9.43. The minimum atomic E-state index is -1.39. The number of nitrogens with zero attached hydrogens (tertiary/aromatic N) is 1. The molecule has 1 aliphatic rings. The highest BCUT2D eigenvalue weighted by Crippen LogP contribution is 2.21. The molecule has 0 bridgehead atoms. The van der Waals surface area contributed by atoms with E-state index in [1.54, 1.807) is 0 Å². The molecule has 1 aromatic rings. The molecule has 0 fully saturated rings. The Morgan fingerprint density at radius 1 is 1.40 bits per heavy atom. The summed E-state index contributed by atoms with van der Waals surface area (Å²) in [4.78, 5) is 4.68. The van der Waals surface area contributed by atoms with E-state index in [4.69, 9.17) is 16.3 Å². The maximum absolute atomic E-state index is 5.86. The van der Waals surface area contributed by atoms with Crippen LogP contribution in [0.15, 0.2) is 6.07 Å². The van der Waals surface area contributed by atoms with Crippen molar-refractivity contribution in [3.05, 3.63) is 22.9 Å². The standard InChI is InChI=1S/C11H16ClNOSi/c1-15(2,3)11-10-7-14-6-8(10)4-9(5-12)13-11/h4H,5-7H2,1-3H3. The quantitative estimate of drug-likeness (QED) is 0.586. The zero-order valence-corrected chi connectivity index (χ0v) is 11.2. The lowest BCUT2D eigenvalue weighted by atomic mass is 10.1. The van der Waals surface area contributed by atoms with Gasteiger partial charge in [0.15, 0.2) is 0 Å². The Hall–Kier alpha value is -0.383. The van der Waals surface area contributed by atoms with Gasteiger partial charge in [-0.05, 0) is 11.6 Å². The lowest BCUT2D eigenvalue weighted by molar-refractivity contribution is 0.134. The molecule has 0 aromatic carbocycles. The summed E-state index contributed by atoms with van der Waals surface area (Å²) in [5, 5.41) is 1.27. The highest BCUT2D eigenvalue weighted by molar-refractivity contribution is 6.88. The number of alkyl halides is 1. The molecular weight excluding hydrogens is 226 g/mol. The van der Waals surface area contributed by atoms with Gasteiger partial charge in [0.1, 0.15) is 8.07 Å². The molecule has 0 spiro atoms. The summed E-state index contributed by atoms with van der Waals surface area (Å²) >= 11 is 5.86. The van der Waals surface area contributed by atoms with Gasteiger partial charge >= 0.3 is 0 Å². The molecule has 0 N–H and O–H groups in total. The Labute approximate surface area is 96.6 Å². The van der Waals surface area contributed by atoms with Crippen molar-refractivity contribution in [3.63, 3.8) is 0 Å². The second-order valence-electron chi connectivity index (χ2n) is 4.98. The van der Waals surface area contributed by atoms with Crippen molar-refractivity contribution in [1.29, 1.82) is 0 Å². The average molecular weight is 242 g/mol. The second kappa shape index (κ2) is 3.89. The van der Waals surface area contributed by atoms with Crippen LogP contribution in [0, 0.1) is 0 Å². The molecule has 0 saturated carbocycles. The summed E-state index contributed by atoms with van der Waals surface area (Å²) in [7, 11) is -1.39. The average Bonchev–Trinajstić information content (AvgIpc) is 2.61. The number of hydrogen-bond donors (Lipinski definition) is 0. The first kappa shape index (κ1) is 11.1. The molecule has 0 amide bonds. The second-order valence-corrected chi connectivity index (χ2v) is 10.2. The monoisotopic (exact) mass is 241 g/mol. The van der Waals surface area contributed by atoms with Gasteiger partial charge in [-0.2, -0.15) is 0 Å². The summed E-state index contributed by atoms with van der Waals surface area (Å²) in [6.07, 6.45) is 0. The fourth-order valence-electron chi connectivity index (χ4n) is 1.93. The summed E-state index contributed by atoms with van der Waals surface area (Å²) < 4.78 is 5.49. The summed E-state index contributed by atoms with van der Waals surface area (Å²) in [5.41, 5.74) is 3.60. The number of hydrogen-bond acceptors (Lipinski definition) is 2. The van der Waals surface area contributed by atoms with E-state index >= 15 is 0 Å². The van der Waals surface area contributed by atoms with E-state index in [9.17, 15) is 0 Å². The van der Waals surface area contributed by atoms with Crippen LogP contribution in [0.2, 0.25) is 19.6 Å². The molecule has 82 valence electrons. The molecule has 0 aliphatic carbocycles. The molecule has 2 rings (SSSR count). The number of pyridine rings is 1. The fraction of sp³-hybridized carbons (Fsp3) is 0.545. The van der Waals surface area contributed by atoms with Gasteiger partial charge in [0, 0.05) is 10.9 Å². The number of fused-ring (bicyclic) bond motifs is 1. The molecule has 0 radical (unpaired) electrons. The van der Waals surface area contributed by atoms with Crippen LogP contribution in [0.25, 0.3) is 0 Å². The Bertz CT molecular complexity index is 387. The maximum atomic E-state index is 5.86. The first-order valence-corrected chi connectivity index (χ1v) is 9.21. The molecule has 2 nitrogen and oxygen atoms in total. The van der Waals surface area contributed by atoms with Crippen molar-refractivity contribution >= 4 is 25.0 Å². The predicted octanol–water partition coefficient (Wildman–Crippen LogP) is 2.40. The molecule has 0 atom stereocenters. The molecule has 4 heteroatoms. The highest BCUT2D eigenvalue weighted by atomic mass is 35.5. The number of halogens is 1. The Morgan fingerprint density at radius 3 is 2.73 bits per heavy atom. The minimum Gasteiger partial charge on any atom is -0.372 e. The molecule has 15 heavy (non-hydrogen) atoms. The minimum absolute atomic E-state index is 0.491. The number of aromatic nitrogens is 1. The van der Waals surface area contributed by atoms with Crippen LogP contribution in [0.4, 0.5) is 0 Å². The van der Waals surface area contributed by atoms with E-state index in [0.29, 0.717) is 5.88 Å². The molecule has 2 heterocycles. The summed E-state index contributed by atoms with van der Waals surface area (Å²) in [6.45, 7) is 8.38. The van der Waals surface area contributed by atoms with Crippen LogP contribution in [-0.2, 0) is 23.8 Å². The van der Waals surface area contributed by atoms with Gasteiger partial charge in [0.2, 0.25) is 0 Å². The molecule has 1 aromatic heterocycles. The van der Waals surface area contributed by atoms with Crippen LogP contribution >= 0.6 is 11.6 Å². The largest absolute Gasteiger partial charge is 0.372 e. The number of ether oxygens (including phenoxy) is 1. The number of rotatable bonds is 2. The predicted molar refractivity (Wildman–Crippen MR) is 65.3 cm³/mol. The van der Waals surface area contributed by atoms with Gasteiger partial charge in [-0.1, -0.05) is 19.6 Å². The van der Waals surface area contributed by atoms with Gasteiger partial charge in [-0.3, -0.25) is 4.98 Å². The first-order chi connectivity index (χ1) is 7.02. The van der Waals surface area contributed by atoms with Gasteiger partial charge in [0.05, 0.1) is 24.8 Å². The topological polar surface area (TPSA) is 22.1 Å². The Balaban J connectivity index is 2.57. The van der Waals surface area contributed by atoms with Crippen molar-refractivity contribution in [2.45, 2.75) is 38.7 Å². The van der Waals surface area contributed by atoms with Gasteiger partial charge in [0.25, 0.3) is 0 Å². The van der Waals surface area contributed by atoms with Crippen LogP contribution in [-0.4, -0.2) is 13.1 Å². The lowest BCUT2D eigenvalue weighted by Crippen LogP contribution is -2.43. The highest BCUT2D eigenvalue weighted by Gasteiger charge is 2.27. The van der Waals surface area contributed by atoms with E-state index in [1.165, 1.54) is 16.4 Å². The van der Waals surface area contributed by atoms with Crippen molar-refractivity contribution in [2.75, 3.05) is 0 Å². The fourth-order valence-corrected chi connectivity index (χ4v) is 3.68. The van der Waals surface area contributed by atoms with E-state index < -0.39 is 8.07 Å². The van der Waals surface area contributed by atoms with Crippen molar-refractivity contribution < 1.29 is 4.74 Å². The van der Waals surface area contributed by atoms with Crippen molar-refractivity contribution in [3.8, 4) is 0 Å². The normalized spacial score (nSPS) is 15.5. The summed E-state index contributed by atoms with van der Waals surface area (Å²) in [6, 6.07) is 2.08. The van der Waals surface area contributed by atoms with E-state index in [0.717, 1.165) is 18.9 Å². The molecular formula is C11H16ClNOSi. The van der Waals surface area contributed by atoms with Gasteiger partial charge < -0.3 is 4.74 Å². The first-order valence-electron chi connectivity index (χ1n) is 5.18. The van der Waals surface area contributed by atoms with Crippen molar-refractivity contribution in [2.24, 2.45) is 0 Å². The van der Waals surface area contributed by atoms with Crippen LogP contribution in [0.3, 0.4) is 0 Å². The summed E-state index contributed by atoms with van der Waals surface area (Å²) in [5.74, 6) is 0.491. The Kier molecular flexibility index (Phi) is 2.88. The third kappa shape index (κ3) is 2.09. The molecule has 0 unspecified atom stereocenters. The SMILES string of the molecule is C[Si](C)(C)c1nc(CCl)cc2c1COC2. The van der Waals surface area contributed by atoms with E-state index in [2.05, 4.69) is 30.7 Å². The Morgan fingerprint density at radius 2 is 2.13 bits per heavy atom. The maximum Gasteiger partial charge on any atom is 0.102 e. The smallest absolute Gasteiger partial charge is 0.102 e. The lowest BCUT2D eigenvalue weighted by Gasteiger charge is -2.19. The zero-order chi connectivity index (χ0) is 11.1. The molecule has 0 saturated heterocycles. The third-order valence-electron chi connectivity index (χ3n) is 2.62. The van der Waals surface area contributed by atoms with Gasteiger partial charge in [-0.25, -0.2) is 0 Å². The van der Waals surface area contributed by atoms with Crippen LogP contribution in [0.1, 0.15) is 16.8 Å². The van der Waals surface area contributed by atoms with E-state index in [1.807, 2.05) is 0 Å². The van der Waals surface area contributed by atoms with Crippen LogP contribution in [0.5, 0.6) is 0 Å². The third-order valence-corrected chi connectivity index (χ3v) is 4.73. The van der Waals surface area contributed by atoms with Crippen LogP contribution < -0.4 is 5.32 Å². The van der Waals surface area contributed by atoms with E-state index in [-0.39, 0.29) is 0 Å². The molecule has 1 aliphatic heterocycles.